The van der Waals surface area contributed by atoms with Crippen LogP contribution in [0.3, 0.4) is 0 Å². The Kier molecular flexibility index (Phi) is 9.64. The summed E-state index contributed by atoms with van der Waals surface area (Å²) >= 11 is 2.41. The largest absolute Gasteiger partial charge is 0.481 e. The van der Waals surface area contributed by atoms with Crippen molar-refractivity contribution in [2.45, 2.75) is 17.8 Å². The van der Waals surface area contributed by atoms with E-state index in [1.54, 1.807) is 0 Å². The number of rotatable bonds is 6. The lowest BCUT2D eigenvalue weighted by Crippen LogP contribution is -2.70. The van der Waals surface area contributed by atoms with E-state index in [0.717, 1.165) is 16.2 Å². The van der Waals surface area contributed by atoms with Gasteiger partial charge in [-0.15, -0.1) is 23.1 Å². The summed E-state index contributed by atoms with van der Waals surface area (Å²) in [5, 5.41) is 21.8. The number of carboxylic acids is 2. The molecule has 1 fully saturated rings. The molecule has 3 heterocycles. The second kappa shape index (κ2) is 10.7. The Hall–Kier alpha value is -2.98. The standard InChI is InChI=1S/C15H14N4O6S2.3H2O/c16-15-17-7(5-27-15)6(1-2-9(20)21)11(22)18-10-12(23)19-8(14(24)25)3-4-26-13(10)19;;;/h1,3,5,10,13H,2,4H2,(H2,16,17)(H,18,22)(H,20,21)(H,24,25);3*1H2/t10-,13-;;;/m1.../s1. The van der Waals surface area contributed by atoms with E-state index in [0.29, 0.717) is 5.75 Å². The van der Waals surface area contributed by atoms with Crippen molar-refractivity contribution in [2.24, 2.45) is 0 Å². The zero-order valence-electron chi connectivity index (χ0n) is 15.1. The van der Waals surface area contributed by atoms with Crippen LogP contribution in [0.1, 0.15) is 12.1 Å². The van der Waals surface area contributed by atoms with E-state index in [1.165, 1.54) is 29.3 Å². The van der Waals surface area contributed by atoms with Gasteiger partial charge in [0.2, 0.25) is 0 Å². The van der Waals surface area contributed by atoms with Crippen molar-refractivity contribution in [3.05, 3.63) is 28.9 Å². The van der Waals surface area contributed by atoms with Gasteiger partial charge >= 0.3 is 11.9 Å². The molecule has 0 aliphatic carbocycles. The highest BCUT2D eigenvalue weighted by atomic mass is 32.2. The second-order valence-corrected chi connectivity index (χ2v) is 7.60. The third-order valence-electron chi connectivity index (χ3n) is 3.88. The van der Waals surface area contributed by atoms with Crippen LogP contribution in [0, 0.1) is 0 Å². The molecule has 11 N–H and O–H groups in total. The van der Waals surface area contributed by atoms with Crippen molar-refractivity contribution in [1.82, 2.24) is 15.2 Å². The minimum absolute atomic E-state index is 0. The lowest BCUT2D eigenvalue weighted by Gasteiger charge is -2.48. The van der Waals surface area contributed by atoms with E-state index < -0.39 is 41.6 Å². The molecular weight excluding hydrogens is 444 g/mol. The first-order valence-electron chi connectivity index (χ1n) is 7.62. The molecule has 30 heavy (non-hydrogen) atoms. The van der Waals surface area contributed by atoms with Gasteiger partial charge in [0.05, 0.1) is 17.7 Å². The fourth-order valence-electron chi connectivity index (χ4n) is 2.67. The molecular formula is C15H20N4O9S2. The SMILES string of the molecule is Nc1nc(C(=CCC(=O)O)C(=O)N[C@@H]2C(=O)N3C(C(=O)O)=CCS[C@H]23)cs1.O.O.O. The lowest BCUT2D eigenvalue weighted by molar-refractivity contribution is -0.150. The molecule has 0 bridgehead atoms. The zero-order chi connectivity index (χ0) is 19.7. The maximum atomic E-state index is 12.6. The molecule has 1 aromatic heterocycles. The maximum Gasteiger partial charge on any atom is 0.352 e. The molecule has 1 saturated heterocycles. The van der Waals surface area contributed by atoms with E-state index in [4.69, 9.17) is 15.9 Å². The number of carbonyl (C=O) groups excluding carboxylic acids is 2. The lowest BCUT2D eigenvalue weighted by atomic mass is 10.0. The Labute approximate surface area is 177 Å². The Morgan fingerprint density at radius 2 is 1.97 bits per heavy atom. The number of aliphatic carboxylic acids is 2. The molecule has 0 saturated carbocycles. The van der Waals surface area contributed by atoms with Gasteiger partial charge in [0.15, 0.2) is 5.13 Å². The number of hydrogen-bond donors (Lipinski definition) is 4. The van der Waals surface area contributed by atoms with Gasteiger partial charge in [-0.3, -0.25) is 19.3 Å². The number of anilines is 1. The van der Waals surface area contributed by atoms with Gasteiger partial charge < -0.3 is 37.7 Å². The molecule has 2 aliphatic rings. The number of amides is 2. The Balaban J connectivity index is 0.00000280. The number of nitrogens with two attached hydrogens (primary N) is 1. The Morgan fingerprint density at radius 1 is 1.30 bits per heavy atom. The number of nitrogens with zero attached hydrogens (tertiary/aromatic N) is 2. The highest BCUT2D eigenvalue weighted by Gasteiger charge is 2.52. The molecule has 13 nitrogen and oxygen atoms in total. The van der Waals surface area contributed by atoms with Crippen LogP contribution in [0.5, 0.6) is 0 Å². The van der Waals surface area contributed by atoms with Crippen LogP contribution in [-0.2, 0) is 19.2 Å². The van der Waals surface area contributed by atoms with Crippen LogP contribution >= 0.6 is 23.1 Å². The first-order valence-corrected chi connectivity index (χ1v) is 9.54. The van der Waals surface area contributed by atoms with E-state index in [2.05, 4.69) is 10.3 Å². The van der Waals surface area contributed by atoms with Crippen LogP contribution in [0.25, 0.3) is 5.57 Å². The molecule has 0 radical (unpaired) electrons. The average Bonchev–Trinajstić information content (AvgIpc) is 3.04. The minimum atomic E-state index is -1.21. The van der Waals surface area contributed by atoms with Gasteiger partial charge in [0.25, 0.3) is 11.8 Å². The molecule has 0 spiro atoms. The number of thiazole rings is 1. The predicted molar refractivity (Wildman–Crippen MR) is 108 cm³/mol. The number of aromatic nitrogens is 1. The topological polar surface area (TPSA) is 257 Å². The quantitative estimate of drug-likeness (QED) is 0.255. The van der Waals surface area contributed by atoms with Crippen molar-refractivity contribution >= 4 is 57.6 Å². The molecule has 0 unspecified atom stereocenters. The molecule has 15 heteroatoms. The summed E-state index contributed by atoms with van der Waals surface area (Å²) in [4.78, 5) is 52.1. The number of carbonyl (C=O) groups is 4. The van der Waals surface area contributed by atoms with Crippen LogP contribution in [0.15, 0.2) is 23.2 Å². The summed E-state index contributed by atoms with van der Waals surface area (Å²) in [6.45, 7) is 0. The van der Waals surface area contributed by atoms with Crippen LogP contribution < -0.4 is 11.1 Å². The minimum Gasteiger partial charge on any atom is -0.481 e. The summed E-state index contributed by atoms with van der Waals surface area (Å²) in [6, 6.07) is -0.908. The first kappa shape index (κ1) is 27.0. The first-order chi connectivity index (χ1) is 12.8. The molecule has 2 atom stereocenters. The number of hydrogen-bond acceptors (Lipinski definition) is 8. The maximum absolute atomic E-state index is 12.6. The number of carboxylic acid groups (broad SMARTS) is 2. The fourth-order valence-corrected chi connectivity index (χ4v) is 4.43. The average molecular weight is 464 g/mol. The monoisotopic (exact) mass is 464 g/mol. The molecule has 166 valence electrons. The van der Waals surface area contributed by atoms with Gasteiger partial charge in [-0.25, -0.2) is 9.78 Å². The zero-order valence-corrected chi connectivity index (χ0v) is 16.7. The van der Waals surface area contributed by atoms with Crippen molar-refractivity contribution in [1.29, 1.82) is 0 Å². The fraction of sp³-hybridized carbons (Fsp3) is 0.267. The molecule has 3 rings (SSSR count). The van der Waals surface area contributed by atoms with Crippen LogP contribution in [0.4, 0.5) is 5.13 Å². The third kappa shape index (κ3) is 5.14. The predicted octanol–water partition coefficient (Wildman–Crippen LogP) is -2.52. The van der Waals surface area contributed by atoms with E-state index in [1.807, 2.05) is 0 Å². The van der Waals surface area contributed by atoms with E-state index >= 15 is 0 Å². The Morgan fingerprint density at radius 3 is 2.50 bits per heavy atom. The van der Waals surface area contributed by atoms with Gasteiger partial charge in [-0.05, 0) is 6.08 Å². The highest BCUT2D eigenvalue weighted by molar-refractivity contribution is 8.00. The Bertz CT molecular complexity index is 898. The summed E-state index contributed by atoms with van der Waals surface area (Å²) < 4.78 is 0. The third-order valence-corrected chi connectivity index (χ3v) is 5.73. The number of fused-ring (bicyclic) bond motifs is 1. The van der Waals surface area contributed by atoms with Gasteiger partial charge in [0.1, 0.15) is 17.1 Å². The summed E-state index contributed by atoms with van der Waals surface area (Å²) in [5.41, 5.74) is 5.66. The van der Waals surface area contributed by atoms with Crippen molar-refractivity contribution < 1.29 is 45.8 Å². The number of thioether (sulfide) groups is 1. The van der Waals surface area contributed by atoms with Gasteiger partial charge in [-0.1, -0.05) is 6.08 Å². The summed E-state index contributed by atoms with van der Waals surface area (Å²) in [5.74, 6) is -3.16. The van der Waals surface area contributed by atoms with Crippen molar-refractivity contribution in [3.8, 4) is 0 Å². The highest BCUT2D eigenvalue weighted by Crippen LogP contribution is 2.37. The van der Waals surface area contributed by atoms with Gasteiger partial charge in [0, 0.05) is 11.1 Å². The summed E-state index contributed by atoms with van der Waals surface area (Å²) in [7, 11) is 0. The summed E-state index contributed by atoms with van der Waals surface area (Å²) in [6.07, 6.45) is 2.23. The molecule has 0 aromatic carbocycles. The van der Waals surface area contributed by atoms with Crippen molar-refractivity contribution in [2.75, 3.05) is 11.5 Å². The van der Waals surface area contributed by atoms with Gasteiger partial charge in [-0.2, -0.15) is 0 Å². The normalized spacial score (nSPS) is 19.6. The number of β-lactam (4-membered cyclic amide) rings is 1. The number of nitrogens with one attached hydrogen (secondary N) is 1. The molecule has 2 aliphatic heterocycles. The molecule has 1 aromatic rings. The van der Waals surface area contributed by atoms with Crippen LogP contribution in [0.2, 0.25) is 0 Å². The smallest absolute Gasteiger partial charge is 0.352 e. The number of nitrogen functional groups attached to an aromatic ring is 1. The van der Waals surface area contributed by atoms with E-state index in [-0.39, 0.29) is 38.5 Å². The van der Waals surface area contributed by atoms with Crippen LogP contribution in [-0.4, -0.2) is 77.4 Å². The van der Waals surface area contributed by atoms with E-state index in [9.17, 15) is 19.2 Å². The molecule has 2 amide bonds. The second-order valence-electron chi connectivity index (χ2n) is 5.56. The van der Waals surface area contributed by atoms with Crippen molar-refractivity contribution in [3.63, 3.8) is 0 Å².